The van der Waals surface area contributed by atoms with E-state index >= 15 is 0 Å². The third-order valence-electron chi connectivity index (χ3n) is 3.43. The summed E-state index contributed by atoms with van der Waals surface area (Å²) in [7, 11) is 1.85. The number of carbonyl (C=O) groups excluding carboxylic acids is 1. The molecule has 1 aromatic carbocycles. The smallest absolute Gasteiger partial charge is 0.244 e. The lowest BCUT2D eigenvalue weighted by atomic mass is 9.99. The lowest BCUT2D eigenvalue weighted by Crippen LogP contribution is -2.42. The van der Waals surface area contributed by atoms with Gasteiger partial charge in [-0.1, -0.05) is 24.3 Å². The molecular weight excluding hydrogens is 212 g/mol. The maximum Gasteiger partial charge on any atom is 0.244 e. The van der Waals surface area contributed by atoms with Gasteiger partial charge in [-0.05, 0) is 38.4 Å². The van der Waals surface area contributed by atoms with Crippen LogP contribution in [0.3, 0.4) is 0 Å². The first-order valence-electron chi connectivity index (χ1n) is 6.20. The normalized spacial score (nSPS) is 20.4. The van der Waals surface area contributed by atoms with Crippen LogP contribution in [0.1, 0.15) is 31.0 Å². The minimum atomic E-state index is -0.198. The highest BCUT2D eigenvalue weighted by Gasteiger charge is 2.30. The topological polar surface area (TPSA) is 32.3 Å². The molecule has 17 heavy (non-hydrogen) atoms. The number of rotatable bonds is 2. The van der Waals surface area contributed by atoms with E-state index in [1.807, 2.05) is 24.1 Å². The van der Waals surface area contributed by atoms with Crippen LogP contribution in [-0.4, -0.2) is 30.4 Å². The first kappa shape index (κ1) is 12.1. The Morgan fingerprint density at radius 3 is 2.71 bits per heavy atom. The largest absolute Gasteiger partial charge is 0.338 e. The van der Waals surface area contributed by atoms with Crippen molar-refractivity contribution in [1.29, 1.82) is 0 Å². The highest BCUT2D eigenvalue weighted by Crippen LogP contribution is 2.25. The van der Waals surface area contributed by atoms with E-state index < -0.39 is 0 Å². The van der Waals surface area contributed by atoms with E-state index in [1.165, 1.54) is 5.56 Å². The summed E-state index contributed by atoms with van der Waals surface area (Å²) in [6.45, 7) is 4.95. The molecule has 0 aromatic heterocycles. The highest BCUT2D eigenvalue weighted by molar-refractivity contribution is 5.84. The fraction of sp³-hybridized carbons (Fsp3) is 0.500. The van der Waals surface area contributed by atoms with Crippen molar-refractivity contribution in [3.63, 3.8) is 0 Å². The molecule has 3 heteroatoms. The zero-order chi connectivity index (χ0) is 12.4. The minimum absolute atomic E-state index is 0.187. The van der Waals surface area contributed by atoms with Crippen LogP contribution in [0.25, 0.3) is 0 Å². The molecule has 0 fully saturated rings. The van der Waals surface area contributed by atoms with E-state index in [0.29, 0.717) is 0 Å². The Kier molecular flexibility index (Phi) is 3.48. The monoisotopic (exact) mass is 232 g/mol. The zero-order valence-electron chi connectivity index (χ0n) is 10.7. The van der Waals surface area contributed by atoms with Crippen molar-refractivity contribution in [3.05, 3.63) is 35.4 Å². The van der Waals surface area contributed by atoms with E-state index in [1.54, 1.807) is 0 Å². The molecule has 1 unspecified atom stereocenters. The quantitative estimate of drug-likeness (QED) is 0.842. The third-order valence-corrected chi connectivity index (χ3v) is 3.43. The molecule has 3 nitrogen and oxygen atoms in total. The van der Waals surface area contributed by atoms with Gasteiger partial charge in [0.05, 0.1) is 0 Å². The van der Waals surface area contributed by atoms with Gasteiger partial charge in [0.1, 0.15) is 6.04 Å². The Bertz CT molecular complexity index is 414. The molecule has 1 aromatic rings. The molecule has 1 atom stereocenters. The van der Waals surface area contributed by atoms with Crippen molar-refractivity contribution in [2.75, 3.05) is 13.6 Å². The van der Waals surface area contributed by atoms with Gasteiger partial charge in [-0.15, -0.1) is 0 Å². The van der Waals surface area contributed by atoms with E-state index in [2.05, 4.69) is 31.3 Å². The average Bonchev–Trinajstić information content (AvgIpc) is 2.45. The molecule has 0 aliphatic carbocycles. The summed E-state index contributed by atoms with van der Waals surface area (Å²) in [5, 5.41) is 3.14. The maximum atomic E-state index is 12.4. The van der Waals surface area contributed by atoms with Gasteiger partial charge in [-0.2, -0.15) is 0 Å². The Morgan fingerprint density at radius 2 is 2.06 bits per heavy atom. The van der Waals surface area contributed by atoms with Crippen LogP contribution in [0.5, 0.6) is 0 Å². The average molecular weight is 232 g/mol. The second-order valence-corrected chi connectivity index (χ2v) is 4.80. The van der Waals surface area contributed by atoms with Crippen LogP contribution in [0, 0.1) is 0 Å². The van der Waals surface area contributed by atoms with Crippen LogP contribution in [0.2, 0.25) is 0 Å². The van der Waals surface area contributed by atoms with Gasteiger partial charge in [-0.25, -0.2) is 0 Å². The predicted octanol–water partition coefficient (Wildman–Crippen LogP) is 1.74. The lowest BCUT2D eigenvalue weighted by molar-refractivity contribution is -0.134. The molecule has 1 amide bonds. The number of benzene rings is 1. The Balaban J connectivity index is 2.41. The molecular formula is C14H20N2O. The van der Waals surface area contributed by atoms with Gasteiger partial charge < -0.3 is 10.2 Å². The molecule has 1 aliphatic heterocycles. The molecule has 0 bridgehead atoms. The molecule has 1 aliphatic rings. The van der Waals surface area contributed by atoms with Gasteiger partial charge in [0.2, 0.25) is 5.91 Å². The SMILES string of the molecule is CNC1C(=O)N(C(C)C)CCc2ccccc21. The highest BCUT2D eigenvalue weighted by atomic mass is 16.2. The second kappa shape index (κ2) is 4.88. The van der Waals surface area contributed by atoms with Gasteiger partial charge >= 0.3 is 0 Å². The van der Waals surface area contributed by atoms with Crippen LogP contribution in [-0.2, 0) is 11.2 Å². The first-order chi connectivity index (χ1) is 8.15. The molecule has 2 rings (SSSR count). The summed E-state index contributed by atoms with van der Waals surface area (Å²) < 4.78 is 0. The molecule has 1 N–H and O–H groups in total. The Hall–Kier alpha value is -1.35. The van der Waals surface area contributed by atoms with Crippen molar-refractivity contribution in [2.24, 2.45) is 0 Å². The van der Waals surface area contributed by atoms with E-state index in [-0.39, 0.29) is 18.0 Å². The molecule has 1 heterocycles. The number of hydrogen-bond donors (Lipinski definition) is 1. The van der Waals surface area contributed by atoms with Crippen molar-refractivity contribution in [2.45, 2.75) is 32.4 Å². The van der Waals surface area contributed by atoms with Crippen molar-refractivity contribution in [3.8, 4) is 0 Å². The van der Waals surface area contributed by atoms with Gasteiger partial charge in [0, 0.05) is 12.6 Å². The summed E-state index contributed by atoms with van der Waals surface area (Å²) in [4.78, 5) is 14.4. The van der Waals surface area contributed by atoms with E-state index in [9.17, 15) is 4.79 Å². The summed E-state index contributed by atoms with van der Waals surface area (Å²) in [6, 6.07) is 8.28. The van der Waals surface area contributed by atoms with Gasteiger partial charge in [-0.3, -0.25) is 4.79 Å². The summed E-state index contributed by atoms with van der Waals surface area (Å²) in [5.74, 6) is 0.187. The van der Waals surface area contributed by atoms with Crippen LogP contribution in [0.4, 0.5) is 0 Å². The number of fused-ring (bicyclic) bond motifs is 1. The number of amides is 1. The van der Waals surface area contributed by atoms with Gasteiger partial charge in [0.25, 0.3) is 0 Å². The number of nitrogens with one attached hydrogen (secondary N) is 1. The summed E-state index contributed by atoms with van der Waals surface area (Å²) >= 11 is 0. The minimum Gasteiger partial charge on any atom is -0.338 e. The fourth-order valence-corrected chi connectivity index (χ4v) is 2.49. The van der Waals surface area contributed by atoms with Crippen molar-refractivity contribution >= 4 is 5.91 Å². The van der Waals surface area contributed by atoms with Gasteiger partial charge in [0.15, 0.2) is 0 Å². The molecule has 0 saturated heterocycles. The predicted molar refractivity (Wildman–Crippen MR) is 68.8 cm³/mol. The Labute approximate surface area is 103 Å². The summed E-state index contributed by atoms with van der Waals surface area (Å²) in [5.41, 5.74) is 2.41. The molecule has 0 radical (unpaired) electrons. The van der Waals surface area contributed by atoms with Crippen LogP contribution in [0.15, 0.2) is 24.3 Å². The first-order valence-corrected chi connectivity index (χ1v) is 6.20. The Morgan fingerprint density at radius 1 is 1.35 bits per heavy atom. The standard InChI is InChI=1S/C14H20N2O/c1-10(2)16-9-8-11-6-4-5-7-12(11)13(15-3)14(16)17/h4-7,10,13,15H,8-9H2,1-3H3. The number of likely N-dealkylation sites (N-methyl/N-ethyl adjacent to an activating group) is 1. The fourth-order valence-electron chi connectivity index (χ4n) is 2.49. The van der Waals surface area contributed by atoms with E-state index in [0.717, 1.165) is 18.5 Å². The third kappa shape index (κ3) is 2.20. The van der Waals surface area contributed by atoms with Crippen LogP contribution < -0.4 is 5.32 Å². The van der Waals surface area contributed by atoms with Crippen molar-refractivity contribution in [1.82, 2.24) is 10.2 Å². The molecule has 92 valence electrons. The molecule has 0 spiro atoms. The van der Waals surface area contributed by atoms with Crippen molar-refractivity contribution < 1.29 is 4.79 Å². The maximum absolute atomic E-state index is 12.4. The number of hydrogen-bond acceptors (Lipinski definition) is 2. The van der Waals surface area contributed by atoms with E-state index in [4.69, 9.17) is 0 Å². The number of nitrogens with zero attached hydrogens (tertiary/aromatic N) is 1. The van der Waals surface area contributed by atoms with Crippen LogP contribution >= 0.6 is 0 Å². The zero-order valence-corrected chi connectivity index (χ0v) is 10.7. The molecule has 0 saturated carbocycles. The second-order valence-electron chi connectivity index (χ2n) is 4.80. The number of carbonyl (C=O) groups is 1. The summed E-state index contributed by atoms with van der Waals surface area (Å²) in [6.07, 6.45) is 0.943. The lowest BCUT2D eigenvalue weighted by Gasteiger charge is -2.28.